The molecule has 1 rings (SSSR count). The van der Waals surface area contributed by atoms with Crippen molar-refractivity contribution >= 4 is 23.6 Å². The van der Waals surface area contributed by atoms with Gasteiger partial charge in [-0.25, -0.2) is 4.98 Å². The average Bonchev–Trinajstić information content (AvgIpc) is 2.26. The summed E-state index contributed by atoms with van der Waals surface area (Å²) in [5, 5.41) is 5.20. The Morgan fingerprint density at radius 3 is 2.06 bits per heavy atom. The molecule has 0 saturated heterocycles. The first kappa shape index (κ1) is 14.1. The molecule has 1 aromatic rings. The van der Waals surface area contributed by atoms with Gasteiger partial charge >= 0.3 is 0 Å². The Morgan fingerprint density at radius 1 is 1.00 bits per heavy atom. The fourth-order valence-corrected chi connectivity index (χ4v) is 1.68. The molecule has 0 aliphatic heterocycles. The molecule has 0 aliphatic carbocycles. The fourth-order valence-electron chi connectivity index (χ4n) is 1.68. The van der Waals surface area contributed by atoms with Crippen molar-refractivity contribution in [1.82, 2.24) is 9.97 Å². The summed E-state index contributed by atoms with van der Waals surface area (Å²) in [4.78, 5) is 30.6. The van der Waals surface area contributed by atoms with Crippen molar-refractivity contribution in [2.75, 3.05) is 10.6 Å². The molecule has 0 saturated carbocycles. The predicted molar refractivity (Wildman–Crippen MR) is 69.4 cm³/mol. The molecule has 2 amide bonds. The molecule has 0 bridgehead atoms. The second-order valence-corrected chi connectivity index (χ2v) is 3.89. The summed E-state index contributed by atoms with van der Waals surface area (Å²) in [5.74, 6) is 0.259. The van der Waals surface area contributed by atoms with E-state index in [2.05, 4.69) is 20.6 Å². The Kier molecular flexibility index (Phi) is 4.76. The number of rotatable bonds is 4. The largest absolute Gasteiger partial charge is 0.311 e. The van der Waals surface area contributed by atoms with Gasteiger partial charge in [0.1, 0.15) is 5.82 Å². The van der Waals surface area contributed by atoms with Crippen LogP contribution in [-0.4, -0.2) is 21.8 Å². The maximum absolute atomic E-state index is 11.2. The number of nitrogens with one attached hydrogen (secondary N) is 2. The number of hydrogen-bond donors (Lipinski definition) is 2. The lowest BCUT2D eigenvalue weighted by Crippen LogP contribution is -2.16. The van der Waals surface area contributed by atoms with Crippen LogP contribution >= 0.6 is 0 Å². The van der Waals surface area contributed by atoms with Crippen molar-refractivity contribution in [2.24, 2.45) is 0 Å². The molecule has 0 radical (unpaired) electrons. The van der Waals surface area contributed by atoms with Gasteiger partial charge in [0.25, 0.3) is 0 Å². The van der Waals surface area contributed by atoms with Crippen LogP contribution in [0, 0.1) is 0 Å². The summed E-state index contributed by atoms with van der Waals surface area (Å²) in [5.41, 5.74) is 1.74. The van der Waals surface area contributed by atoms with E-state index in [1.165, 1.54) is 13.8 Å². The van der Waals surface area contributed by atoms with E-state index in [4.69, 9.17) is 0 Å². The van der Waals surface area contributed by atoms with E-state index in [0.717, 1.165) is 17.7 Å². The molecular weight excluding hydrogens is 232 g/mol. The van der Waals surface area contributed by atoms with Crippen LogP contribution in [0.25, 0.3) is 0 Å². The third-order valence-electron chi connectivity index (χ3n) is 2.36. The highest BCUT2D eigenvalue weighted by Gasteiger charge is 2.13. The van der Waals surface area contributed by atoms with E-state index in [-0.39, 0.29) is 17.8 Å². The summed E-state index contributed by atoms with van der Waals surface area (Å²) in [6, 6.07) is 0. The van der Waals surface area contributed by atoms with Crippen LogP contribution in [0.2, 0.25) is 0 Å². The number of aryl methyl sites for hydroxylation is 1. The number of nitrogens with zero attached hydrogens (tertiary/aromatic N) is 2. The lowest BCUT2D eigenvalue weighted by molar-refractivity contribution is -0.115. The molecular formula is C12H18N4O2. The van der Waals surface area contributed by atoms with Crippen molar-refractivity contribution in [1.29, 1.82) is 0 Å². The van der Waals surface area contributed by atoms with Crippen LogP contribution in [0.5, 0.6) is 0 Å². The van der Waals surface area contributed by atoms with Gasteiger partial charge in [0.15, 0.2) is 0 Å². The summed E-state index contributed by atoms with van der Waals surface area (Å²) >= 11 is 0. The minimum atomic E-state index is -0.241. The summed E-state index contributed by atoms with van der Waals surface area (Å²) in [7, 11) is 0. The topological polar surface area (TPSA) is 84.0 Å². The summed E-state index contributed by atoms with van der Waals surface area (Å²) in [6.45, 7) is 6.75. The molecule has 2 N–H and O–H groups in total. The molecule has 6 nitrogen and oxygen atoms in total. The van der Waals surface area contributed by atoms with Gasteiger partial charge in [0.2, 0.25) is 17.8 Å². The number of carbonyl (C=O) groups is 2. The number of hydrogen-bond acceptors (Lipinski definition) is 4. The predicted octanol–water partition coefficient (Wildman–Crippen LogP) is 1.52. The van der Waals surface area contributed by atoms with Crippen molar-refractivity contribution in [2.45, 2.75) is 40.5 Å². The van der Waals surface area contributed by atoms with Crippen LogP contribution in [0.3, 0.4) is 0 Å². The molecule has 0 aromatic carbocycles. The van der Waals surface area contributed by atoms with E-state index < -0.39 is 0 Å². The third-order valence-corrected chi connectivity index (χ3v) is 2.36. The van der Waals surface area contributed by atoms with Gasteiger partial charge in [-0.05, 0) is 12.8 Å². The fraction of sp³-hybridized carbons (Fsp3) is 0.500. The Morgan fingerprint density at radius 2 is 1.61 bits per heavy atom. The van der Waals surface area contributed by atoms with Crippen LogP contribution < -0.4 is 10.6 Å². The van der Waals surface area contributed by atoms with Crippen LogP contribution in [0.4, 0.5) is 11.8 Å². The van der Waals surface area contributed by atoms with Gasteiger partial charge in [0.05, 0.1) is 5.69 Å². The number of carbonyl (C=O) groups excluding carboxylic acids is 2. The number of amides is 2. The lowest BCUT2D eigenvalue weighted by atomic mass is 10.1. The second-order valence-electron chi connectivity index (χ2n) is 3.89. The molecule has 6 heteroatoms. The molecule has 1 heterocycles. The van der Waals surface area contributed by atoms with Gasteiger partial charge in [-0.1, -0.05) is 13.8 Å². The number of aromatic nitrogens is 2. The first-order valence-electron chi connectivity index (χ1n) is 5.92. The standard InChI is InChI=1S/C12H18N4O2/c1-5-9-10(6-2)15-12(14-8(4)18)16-11(9)13-7(3)17/h5-6H2,1-4H3,(H2,13,14,15,16,17,18). The first-order chi connectivity index (χ1) is 8.47. The van der Waals surface area contributed by atoms with Crippen LogP contribution in [0.1, 0.15) is 39.0 Å². The van der Waals surface area contributed by atoms with E-state index in [9.17, 15) is 9.59 Å². The van der Waals surface area contributed by atoms with Crippen LogP contribution in [0.15, 0.2) is 0 Å². The van der Waals surface area contributed by atoms with Crippen molar-refractivity contribution in [3.63, 3.8) is 0 Å². The Hall–Kier alpha value is -1.98. The molecule has 0 spiro atoms. The van der Waals surface area contributed by atoms with Crippen molar-refractivity contribution in [3.05, 3.63) is 11.3 Å². The van der Waals surface area contributed by atoms with Crippen LogP contribution in [-0.2, 0) is 22.4 Å². The third kappa shape index (κ3) is 3.51. The molecule has 0 aliphatic rings. The monoisotopic (exact) mass is 250 g/mol. The SMILES string of the molecule is CCc1nc(NC(C)=O)nc(NC(C)=O)c1CC. The van der Waals surface area contributed by atoms with E-state index in [1.54, 1.807) is 0 Å². The minimum Gasteiger partial charge on any atom is -0.311 e. The minimum absolute atomic E-state index is 0.195. The van der Waals surface area contributed by atoms with Crippen molar-refractivity contribution in [3.8, 4) is 0 Å². The molecule has 1 aromatic heterocycles. The van der Waals surface area contributed by atoms with E-state index >= 15 is 0 Å². The highest BCUT2D eigenvalue weighted by Crippen LogP contribution is 2.20. The molecule has 18 heavy (non-hydrogen) atoms. The maximum atomic E-state index is 11.2. The van der Waals surface area contributed by atoms with Gasteiger partial charge in [-0.3, -0.25) is 14.9 Å². The highest BCUT2D eigenvalue weighted by molar-refractivity contribution is 5.90. The highest BCUT2D eigenvalue weighted by atomic mass is 16.2. The zero-order chi connectivity index (χ0) is 13.7. The first-order valence-corrected chi connectivity index (χ1v) is 5.92. The summed E-state index contributed by atoms with van der Waals surface area (Å²) < 4.78 is 0. The van der Waals surface area contributed by atoms with Crippen molar-refractivity contribution < 1.29 is 9.59 Å². The molecule has 0 unspecified atom stereocenters. The Balaban J connectivity index is 3.25. The van der Waals surface area contributed by atoms with Gasteiger partial charge in [-0.2, -0.15) is 4.98 Å². The molecule has 0 atom stereocenters. The lowest BCUT2D eigenvalue weighted by Gasteiger charge is -2.13. The van der Waals surface area contributed by atoms with Gasteiger partial charge in [0, 0.05) is 19.4 Å². The second kappa shape index (κ2) is 6.09. The Bertz CT molecular complexity index is 471. The van der Waals surface area contributed by atoms with E-state index in [1.807, 2.05) is 13.8 Å². The zero-order valence-electron chi connectivity index (χ0n) is 11.1. The van der Waals surface area contributed by atoms with Gasteiger partial charge in [-0.15, -0.1) is 0 Å². The summed E-state index contributed by atoms with van der Waals surface area (Å²) in [6.07, 6.45) is 1.43. The molecule has 0 fully saturated rings. The maximum Gasteiger partial charge on any atom is 0.231 e. The average molecular weight is 250 g/mol. The quantitative estimate of drug-likeness (QED) is 0.848. The van der Waals surface area contributed by atoms with Gasteiger partial charge < -0.3 is 5.32 Å². The van der Waals surface area contributed by atoms with E-state index in [0.29, 0.717) is 12.2 Å². The zero-order valence-corrected chi connectivity index (χ0v) is 11.1. The normalized spacial score (nSPS) is 10.0. The molecule has 98 valence electrons. The number of anilines is 2. The Labute approximate surface area is 106 Å². The smallest absolute Gasteiger partial charge is 0.231 e.